The topological polar surface area (TPSA) is 119 Å². The molecule has 1 aliphatic heterocycles. The van der Waals surface area contributed by atoms with Crippen LogP contribution in [0.15, 0.2) is 48.7 Å². The molecule has 1 unspecified atom stereocenters. The third-order valence-corrected chi connectivity index (χ3v) is 8.84. The Kier molecular flexibility index (Phi) is 8.94. The number of hydrogen-bond acceptors (Lipinski definition) is 9. The van der Waals surface area contributed by atoms with Gasteiger partial charge in [0.05, 0.1) is 29.5 Å². The molecule has 1 saturated heterocycles. The SMILES string of the molecule is CN1CCC(Nc2cccc3c2cc(-c2nnc(CNC(=O)c4ccc5c(cnn5C(=O)OC(C)(C)C)c4)s2)n3C(F)C(F)F)CC1. The number of benzene rings is 2. The number of halogens is 3. The minimum absolute atomic E-state index is 0.00275. The number of fused-ring (bicyclic) bond motifs is 2. The summed E-state index contributed by atoms with van der Waals surface area (Å²) >= 11 is 1.08. The number of nitrogens with zero attached hydrogens (tertiary/aromatic N) is 6. The van der Waals surface area contributed by atoms with Crippen LogP contribution in [0.1, 0.15) is 55.3 Å². The van der Waals surface area contributed by atoms with Crippen molar-refractivity contribution in [3.8, 4) is 10.7 Å². The molecule has 2 aromatic carbocycles. The second-order valence-electron chi connectivity index (χ2n) is 12.6. The van der Waals surface area contributed by atoms with Crippen molar-refractivity contribution in [3.63, 3.8) is 0 Å². The van der Waals surface area contributed by atoms with E-state index in [-0.39, 0.29) is 23.3 Å². The quantitative estimate of drug-likeness (QED) is 0.193. The molecule has 0 spiro atoms. The number of carbonyl (C=O) groups is 2. The Bertz CT molecular complexity index is 1920. The summed E-state index contributed by atoms with van der Waals surface area (Å²) in [6, 6.07) is 11.8. The van der Waals surface area contributed by atoms with Crippen LogP contribution in [0.5, 0.6) is 0 Å². The summed E-state index contributed by atoms with van der Waals surface area (Å²) in [5.41, 5.74) is 1.35. The zero-order chi connectivity index (χ0) is 33.5. The van der Waals surface area contributed by atoms with Crippen LogP contribution in [0.4, 0.5) is 23.7 Å². The third kappa shape index (κ3) is 6.95. The number of nitrogens with one attached hydrogen (secondary N) is 2. The van der Waals surface area contributed by atoms with Crippen molar-refractivity contribution in [2.75, 3.05) is 25.5 Å². The standard InChI is InChI=1S/C32H35F3N8O3S/c1-32(2,3)46-31(45)43-23-9-8-18(14-19(23)16-37-43)29(44)36-17-26-39-40-30(47-26)25-15-21-22(38-20-10-12-41(4)13-11-20)6-5-7-24(21)42(25)28(35)27(33)34/h5-9,14-16,20,27-28,38H,10-13,17H2,1-4H3,(H,36,44). The van der Waals surface area contributed by atoms with Gasteiger partial charge < -0.3 is 24.8 Å². The fourth-order valence-electron chi connectivity index (χ4n) is 5.60. The van der Waals surface area contributed by atoms with Crippen LogP contribution in [0.25, 0.3) is 32.5 Å². The molecule has 47 heavy (non-hydrogen) atoms. The molecular weight excluding hydrogens is 633 g/mol. The highest BCUT2D eigenvalue weighted by molar-refractivity contribution is 7.14. The van der Waals surface area contributed by atoms with Gasteiger partial charge in [-0.05, 0) is 90.1 Å². The van der Waals surface area contributed by atoms with E-state index in [1.807, 2.05) is 6.07 Å². The number of amides is 1. The van der Waals surface area contributed by atoms with E-state index in [9.17, 15) is 18.4 Å². The van der Waals surface area contributed by atoms with Crippen LogP contribution in [-0.4, -0.2) is 79.7 Å². The van der Waals surface area contributed by atoms with Gasteiger partial charge in [0, 0.05) is 28.1 Å². The molecule has 15 heteroatoms. The van der Waals surface area contributed by atoms with Gasteiger partial charge in [-0.2, -0.15) is 9.78 Å². The first-order valence-electron chi connectivity index (χ1n) is 15.2. The maximum Gasteiger partial charge on any atom is 0.435 e. The van der Waals surface area contributed by atoms with Crippen LogP contribution in [0.3, 0.4) is 0 Å². The van der Waals surface area contributed by atoms with E-state index >= 15 is 4.39 Å². The minimum Gasteiger partial charge on any atom is -0.442 e. The van der Waals surface area contributed by atoms with E-state index in [0.717, 1.165) is 52.2 Å². The molecule has 1 fully saturated rings. The molecule has 11 nitrogen and oxygen atoms in total. The van der Waals surface area contributed by atoms with Crippen molar-refractivity contribution < 1.29 is 27.5 Å². The Morgan fingerprint density at radius 2 is 1.83 bits per heavy atom. The zero-order valence-electron chi connectivity index (χ0n) is 26.3. The lowest BCUT2D eigenvalue weighted by atomic mass is 10.0. The molecule has 0 saturated carbocycles. The number of carbonyl (C=O) groups excluding carboxylic acids is 2. The smallest absolute Gasteiger partial charge is 0.435 e. The predicted molar refractivity (Wildman–Crippen MR) is 174 cm³/mol. The van der Waals surface area contributed by atoms with E-state index < -0.39 is 30.3 Å². The van der Waals surface area contributed by atoms with Crippen LogP contribution in [0.2, 0.25) is 0 Å². The van der Waals surface area contributed by atoms with E-state index in [2.05, 4.69) is 37.9 Å². The molecule has 6 rings (SSSR count). The van der Waals surface area contributed by atoms with Gasteiger partial charge in [0.1, 0.15) is 10.6 Å². The summed E-state index contributed by atoms with van der Waals surface area (Å²) in [6.45, 7) is 7.15. The highest BCUT2D eigenvalue weighted by Gasteiger charge is 2.29. The first-order chi connectivity index (χ1) is 22.4. The molecule has 3 aromatic heterocycles. The van der Waals surface area contributed by atoms with E-state index in [4.69, 9.17) is 4.74 Å². The van der Waals surface area contributed by atoms with Gasteiger partial charge in [-0.1, -0.05) is 17.4 Å². The lowest BCUT2D eigenvalue weighted by molar-refractivity contribution is 0.0115. The maximum absolute atomic E-state index is 15.1. The average Bonchev–Trinajstić information content (AvgIpc) is 3.76. The fraction of sp³-hybridized carbons (Fsp3) is 0.406. The van der Waals surface area contributed by atoms with Crippen LogP contribution < -0.4 is 10.6 Å². The normalized spacial score (nSPS) is 15.4. The van der Waals surface area contributed by atoms with Crippen LogP contribution >= 0.6 is 11.3 Å². The molecule has 0 radical (unpaired) electrons. The third-order valence-electron chi connectivity index (χ3n) is 7.90. The number of alkyl halides is 3. The Hall–Kier alpha value is -4.50. The lowest BCUT2D eigenvalue weighted by Gasteiger charge is -2.30. The molecule has 1 atom stereocenters. The van der Waals surface area contributed by atoms with Crippen molar-refractivity contribution in [1.29, 1.82) is 0 Å². The molecule has 4 heterocycles. The summed E-state index contributed by atoms with van der Waals surface area (Å²) < 4.78 is 50.2. The second-order valence-corrected chi connectivity index (χ2v) is 13.6. The number of hydrogen-bond donors (Lipinski definition) is 2. The van der Waals surface area contributed by atoms with Crippen molar-refractivity contribution >= 4 is 50.8 Å². The molecular formula is C32H35F3N8O3S. The van der Waals surface area contributed by atoms with Crippen LogP contribution in [0, 0.1) is 0 Å². The Morgan fingerprint density at radius 1 is 1.06 bits per heavy atom. The van der Waals surface area contributed by atoms with Crippen molar-refractivity contribution in [1.82, 2.24) is 34.8 Å². The van der Waals surface area contributed by atoms with E-state index in [1.165, 1.54) is 6.20 Å². The Labute approximate surface area is 272 Å². The molecule has 1 aliphatic rings. The van der Waals surface area contributed by atoms with E-state index in [0.29, 0.717) is 32.4 Å². The summed E-state index contributed by atoms with van der Waals surface area (Å²) in [4.78, 5) is 27.7. The number of likely N-dealkylation sites (tertiary alicyclic amines) is 1. The van der Waals surface area contributed by atoms with Crippen molar-refractivity contribution in [3.05, 3.63) is 59.2 Å². The van der Waals surface area contributed by atoms with Gasteiger partial charge in [-0.3, -0.25) is 4.79 Å². The monoisotopic (exact) mass is 668 g/mol. The van der Waals surface area contributed by atoms with Gasteiger partial charge >= 0.3 is 6.09 Å². The zero-order valence-corrected chi connectivity index (χ0v) is 27.2. The number of anilines is 1. The number of piperidine rings is 1. The summed E-state index contributed by atoms with van der Waals surface area (Å²) in [6.07, 6.45) is -3.15. The molecule has 1 amide bonds. The largest absolute Gasteiger partial charge is 0.442 e. The first kappa shape index (κ1) is 32.4. The minimum atomic E-state index is -3.25. The van der Waals surface area contributed by atoms with Gasteiger partial charge in [0.2, 0.25) is 6.30 Å². The summed E-state index contributed by atoms with van der Waals surface area (Å²) in [7, 11) is 2.07. The number of ether oxygens (including phenoxy) is 1. The Balaban J connectivity index is 1.20. The van der Waals surface area contributed by atoms with Gasteiger partial charge in [0.15, 0.2) is 5.01 Å². The molecule has 2 N–H and O–H groups in total. The van der Waals surface area contributed by atoms with Gasteiger partial charge in [0.25, 0.3) is 12.3 Å². The lowest BCUT2D eigenvalue weighted by Crippen LogP contribution is -2.36. The highest BCUT2D eigenvalue weighted by atomic mass is 32.1. The maximum atomic E-state index is 15.1. The van der Waals surface area contributed by atoms with Gasteiger partial charge in [-0.25, -0.2) is 18.0 Å². The summed E-state index contributed by atoms with van der Waals surface area (Å²) in [5.74, 6) is -0.408. The molecule has 248 valence electrons. The fourth-order valence-corrected chi connectivity index (χ4v) is 6.40. The van der Waals surface area contributed by atoms with E-state index in [1.54, 1.807) is 57.2 Å². The molecule has 0 aliphatic carbocycles. The molecule has 5 aromatic rings. The van der Waals surface area contributed by atoms with Gasteiger partial charge in [-0.15, -0.1) is 10.2 Å². The number of rotatable bonds is 8. The molecule has 0 bridgehead atoms. The number of aromatic nitrogens is 5. The first-order valence-corrected chi connectivity index (χ1v) is 16.0. The Morgan fingerprint density at radius 3 is 2.55 bits per heavy atom. The highest BCUT2D eigenvalue weighted by Crippen LogP contribution is 2.38. The summed E-state index contributed by atoms with van der Waals surface area (Å²) in [5, 5.41) is 20.6. The van der Waals surface area contributed by atoms with Crippen molar-refractivity contribution in [2.24, 2.45) is 0 Å². The van der Waals surface area contributed by atoms with Crippen molar-refractivity contribution in [2.45, 2.75) is 64.5 Å². The predicted octanol–water partition coefficient (Wildman–Crippen LogP) is 6.46. The van der Waals surface area contributed by atoms with Crippen LogP contribution in [-0.2, 0) is 11.3 Å². The second kappa shape index (κ2) is 13.0. The average molecular weight is 669 g/mol.